The first-order valence-electron chi connectivity index (χ1n) is 8.61. The van der Waals surface area contributed by atoms with Crippen LogP contribution in [0.5, 0.6) is 0 Å². The number of hydrogen-bond donors (Lipinski definition) is 4. The highest BCUT2D eigenvalue weighted by molar-refractivity contribution is 5.85. The lowest BCUT2D eigenvalue weighted by molar-refractivity contribution is -0.127. The van der Waals surface area contributed by atoms with E-state index < -0.39 is 11.1 Å². The number of hydrogen-bond acceptors (Lipinski definition) is 4. The first-order valence-corrected chi connectivity index (χ1v) is 8.61. The third kappa shape index (κ3) is 3.79. The Bertz CT molecular complexity index is 361. The molecule has 0 aliphatic heterocycles. The summed E-state index contributed by atoms with van der Waals surface area (Å²) in [5.74, 6) is -0.510. The number of carbonyl (C=O) groups excluding carboxylic acids is 2. The summed E-state index contributed by atoms with van der Waals surface area (Å²) in [6.45, 7) is 1.25. The van der Waals surface area contributed by atoms with Crippen LogP contribution < -0.4 is 22.1 Å². The summed E-state index contributed by atoms with van der Waals surface area (Å²) in [5.41, 5.74) is 10.1. The van der Waals surface area contributed by atoms with Gasteiger partial charge in [0.15, 0.2) is 0 Å². The molecule has 0 unspecified atom stereocenters. The third-order valence-corrected chi connectivity index (χ3v) is 5.41. The van der Waals surface area contributed by atoms with Crippen LogP contribution in [0.2, 0.25) is 0 Å². The lowest BCUT2D eigenvalue weighted by atomic mass is 9.80. The molecule has 6 N–H and O–H groups in total. The van der Waals surface area contributed by atoms with Crippen LogP contribution in [-0.4, -0.2) is 36.0 Å². The van der Waals surface area contributed by atoms with Gasteiger partial charge in [0.05, 0.1) is 11.1 Å². The molecule has 22 heavy (non-hydrogen) atoms. The summed E-state index contributed by atoms with van der Waals surface area (Å²) >= 11 is 0. The normalized spacial score (nSPS) is 23.8. The molecule has 0 atom stereocenters. The molecule has 2 amide bonds. The van der Waals surface area contributed by atoms with Crippen LogP contribution in [0, 0.1) is 0 Å². The second kappa shape index (κ2) is 7.42. The highest BCUT2D eigenvalue weighted by atomic mass is 16.2. The van der Waals surface area contributed by atoms with E-state index in [1.807, 2.05) is 0 Å². The van der Waals surface area contributed by atoms with Crippen LogP contribution in [0.15, 0.2) is 0 Å². The van der Waals surface area contributed by atoms with Crippen molar-refractivity contribution >= 4 is 11.8 Å². The minimum Gasteiger partial charge on any atom is -0.368 e. The molecular weight excluding hydrogens is 280 g/mol. The van der Waals surface area contributed by atoms with E-state index >= 15 is 0 Å². The summed E-state index contributed by atoms with van der Waals surface area (Å²) in [6.07, 6.45) is 9.71. The van der Waals surface area contributed by atoms with E-state index in [0.717, 1.165) is 51.4 Å². The summed E-state index contributed by atoms with van der Waals surface area (Å²) in [6, 6.07) is 0. The van der Waals surface area contributed by atoms with Gasteiger partial charge in [-0.3, -0.25) is 9.59 Å². The van der Waals surface area contributed by atoms with Crippen LogP contribution in [0.4, 0.5) is 0 Å². The third-order valence-electron chi connectivity index (χ3n) is 5.41. The van der Waals surface area contributed by atoms with Gasteiger partial charge in [0.1, 0.15) is 0 Å². The standard InChI is InChI=1S/C16H30N4O2/c17-13(21)15(7-3-1-4-8-15)19-11-12-20-16(14(18)22)9-5-2-6-10-16/h19-20H,1-12H2,(H2,17,21)(H2,18,22). The Labute approximate surface area is 132 Å². The largest absolute Gasteiger partial charge is 0.368 e. The maximum absolute atomic E-state index is 11.8. The molecule has 0 bridgehead atoms. The summed E-state index contributed by atoms with van der Waals surface area (Å²) < 4.78 is 0. The van der Waals surface area contributed by atoms with E-state index in [-0.39, 0.29) is 11.8 Å². The average molecular weight is 310 g/mol. The van der Waals surface area contributed by atoms with Crippen LogP contribution in [-0.2, 0) is 9.59 Å². The number of nitrogens with two attached hydrogens (primary N) is 2. The number of primary amides is 2. The van der Waals surface area contributed by atoms with Gasteiger partial charge in [0.25, 0.3) is 0 Å². The van der Waals surface area contributed by atoms with Crippen LogP contribution >= 0.6 is 0 Å². The van der Waals surface area contributed by atoms with Gasteiger partial charge >= 0.3 is 0 Å². The highest BCUT2D eigenvalue weighted by Crippen LogP contribution is 2.29. The maximum atomic E-state index is 11.8. The zero-order valence-electron chi connectivity index (χ0n) is 13.5. The van der Waals surface area contributed by atoms with Crippen molar-refractivity contribution in [3.8, 4) is 0 Å². The van der Waals surface area contributed by atoms with Crippen molar-refractivity contribution in [2.75, 3.05) is 13.1 Å². The molecule has 0 aromatic carbocycles. The number of carbonyl (C=O) groups is 2. The Morgan fingerprint density at radius 2 is 1.00 bits per heavy atom. The first kappa shape index (κ1) is 17.2. The zero-order valence-corrected chi connectivity index (χ0v) is 13.5. The fraction of sp³-hybridized carbons (Fsp3) is 0.875. The van der Waals surface area contributed by atoms with Crippen molar-refractivity contribution in [1.82, 2.24) is 10.6 Å². The van der Waals surface area contributed by atoms with Crippen molar-refractivity contribution in [3.05, 3.63) is 0 Å². The minimum atomic E-state index is -0.563. The molecule has 2 aliphatic carbocycles. The Morgan fingerprint density at radius 1 is 0.682 bits per heavy atom. The van der Waals surface area contributed by atoms with Crippen molar-refractivity contribution < 1.29 is 9.59 Å². The van der Waals surface area contributed by atoms with E-state index in [2.05, 4.69) is 10.6 Å². The Morgan fingerprint density at radius 3 is 1.27 bits per heavy atom. The highest BCUT2D eigenvalue weighted by Gasteiger charge is 2.39. The van der Waals surface area contributed by atoms with E-state index in [4.69, 9.17) is 11.5 Å². The average Bonchev–Trinajstić information content (AvgIpc) is 2.53. The van der Waals surface area contributed by atoms with Gasteiger partial charge in [-0.1, -0.05) is 38.5 Å². The van der Waals surface area contributed by atoms with E-state index in [1.54, 1.807) is 0 Å². The molecule has 0 aromatic rings. The molecule has 6 nitrogen and oxygen atoms in total. The van der Waals surface area contributed by atoms with Crippen molar-refractivity contribution in [2.45, 2.75) is 75.3 Å². The lowest BCUT2D eigenvalue weighted by Crippen LogP contribution is -2.60. The topological polar surface area (TPSA) is 110 Å². The monoisotopic (exact) mass is 310 g/mol. The molecule has 6 heteroatoms. The molecule has 0 spiro atoms. The molecule has 126 valence electrons. The van der Waals surface area contributed by atoms with Crippen LogP contribution in [0.1, 0.15) is 64.2 Å². The summed E-state index contributed by atoms with van der Waals surface area (Å²) in [4.78, 5) is 23.6. The predicted octanol–water partition coefficient (Wildman–Crippen LogP) is 0.542. The number of nitrogens with one attached hydrogen (secondary N) is 2. The van der Waals surface area contributed by atoms with Gasteiger partial charge in [0.2, 0.25) is 11.8 Å². The Kier molecular flexibility index (Phi) is 5.81. The fourth-order valence-electron chi connectivity index (χ4n) is 3.93. The van der Waals surface area contributed by atoms with E-state index in [1.165, 1.54) is 12.8 Å². The van der Waals surface area contributed by atoms with Crippen LogP contribution in [0.25, 0.3) is 0 Å². The Balaban J connectivity index is 1.84. The van der Waals surface area contributed by atoms with Crippen molar-refractivity contribution in [3.63, 3.8) is 0 Å². The maximum Gasteiger partial charge on any atom is 0.237 e. The smallest absolute Gasteiger partial charge is 0.237 e. The van der Waals surface area contributed by atoms with Gasteiger partial charge in [-0.2, -0.15) is 0 Å². The van der Waals surface area contributed by atoms with Crippen molar-refractivity contribution in [2.24, 2.45) is 11.5 Å². The van der Waals surface area contributed by atoms with E-state index in [0.29, 0.717) is 13.1 Å². The number of rotatable bonds is 7. The predicted molar refractivity (Wildman–Crippen MR) is 86.0 cm³/mol. The molecule has 2 rings (SSSR count). The fourth-order valence-corrected chi connectivity index (χ4v) is 3.93. The summed E-state index contributed by atoms with van der Waals surface area (Å²) in [7, 11) is 0. The molecular formula is C16H30N4O2. The molecule has 0 heterocycles. The van der Waals surface area contributed by atoms with Gasteiger partial charge in [-0.05, 0) is 25.7 Å². The van der Waals surface area contributed by atoms with Gasteiger partial charge < -0.3 is 22.1 Å². The quantitative estimate of drug-likeness (QED) is 0.514. The van der Waals surface area contributed by atoms with Gasteiger partial charge in [-0.25, -0.2) is 0 Å². The molecule has 2 fully saturated rings. The van der Waals surface area contributed by atoms with Crippen molar-refractivity contribution in [1.29, 1.82) is 0 Å². The lowest BCUT2D eigenvalue weighted by Gasteiger charge is -2.37. The SMILES string of the molecule is NC(=O)C1(NCCNC2(C(N)=O)CCCCC2)CCCCC1. The summed E-state index contributed by atoms with van der Waals surface area (Å²) in [5, 5.41) is 6.68. The van der Waals surface area contributed by atoms with E-state index in [9.17, 15) is 9.59 Å². The zero-order chi connectivity index (χ0) is 16.1. The second-order valence-electron chi connectivity index (χ2n) is 6.87. The second-order valence-corrected chi connectivity index (χ2v) is 6.87. The Hall–Kier alpha value is -1.14. The minimum absolute atomic E-state index is 0.255. The molecule has 0 aromatic heterocycles. The molecule has 0 saturated heterocycles. The van der Waals surface area contributed by atoms with Gasteiger partial charge in [-0.15, -0.1) is 0 Å². The molecule has 2 saturated carbocycles. The number of amides is 2. The first-order chi connectivity index (χ1) is 10.5. The van der Waals surface area contributed by atoms with Gasteiger partial charge in [0, 0.05) is 13.1 Å². The molecule has 2 aliphatic rings. The van der Waals surface area contributed by atoms with Crippen LogP contribution in [0.3, 0.4) is 0 Å². The molecule has 0 radical (unpaired) electrons.